The minimum atomic E-state index is -0.179. The standard InChI is InChI=1S/C22H22ClN3O/c1-16-4-2-6-18(12-16)14-26-22(27)21-9-8-20(15-25-21)24-11-10-17-5-3-7-19(23)13-17/h2-9,12-13,15,24H,10-11,14H2,1H3,(H,26,27). The van der Waals surface area contributed by atoms with Crippen molar-refractivity contribution in [1.82, 2.24) is 10.3 Å². The van der Waals surface area contributed by atoms with Crippen LogP contribution in [-0.2, 0) is 13.0 Å². The van der Waals surface area contributed by atoms with E-state index in [1.165, 1.54) is 11.1 Å². The Morgan fingerprint density at radius 3 is 2.59 bits per heavy atom. The molecule has 3 rings (SSSR count). The second kappa shape index (κ2) is 9.19. The lowest BCUT2D eigenvalue weighted by atomic mass is 10.1. The fraction of sp³-hybridized carbons (Fsp3) is 0.182. The highest BCUT2D eigenvalue weighted by Crippen LogP contribution is 2.12. The van der Waals surface area contributed by atoms with Crippen LogP contribution in [0.4, 0.5) is 5.69 Å². The Labute approximate surface area is 164 Å². The lowest BCUT2D eigenvalue weighted by Crippen LogP contribution is -2.23. The summed E-state index contributed by atoms with van der Waals surface area (Å²) in [7, 11) is 0. The first-order chi connectivity index (χ1) is 13.1. The molecule has 2 N–H and O–H groups in total. The van der Waals surface area contributed by atoms with Crippen LogP contribution in [0, 0.1) is 6.92 Å². The van der Waals surface area contributed by atoms with Crippen LogP contribution in [0.1, 0.15) is 27.2 Å². The predicted molar refractivity (Wildman–Crippen MR) is 110 cm³/mol. The van der Waals surface area contributed by atoms with Crippen LogP contribution in [0.2, 0.25) is 5.02 Å². The number of pyridine rings is 1. The van der Waals surface area contributed by atoms with E-state index in [9.17, 15) is 4.79 Å². The van der Waals surface area contributed by atoms with Crippen molar-refractivity contribution in [2.24, 2.45) is 0 Å². The molecule has 2 aromatic carbocycles. The summed E-state index contributed by atoms with van der Waals surface area (Å²) >= 11 is 5.99. The molecule has 1 heterocycles. The van der Waals surface area contributed by atoms with Crippen molar-refractivity contribution in [2.75, 3.05) is 11.9 Å². The number of carbonyl (C=O) groups is 1. The van der Waals surface area contributed by atoms with Crippen LogP contribution in [0.25, 0.3) is 0 Å². The van der Waals surface area contributed by atoms with Gasteiger partial charge in [0.2, 0.25) is 0 Å². The third kappa shape index (κ3) is 5.83. The van der Waals surface area contributed by atoms with Crippen molar-refractivity contribution in [3.63, 3.8) is 0 Å². The van der Waals surface area contributed by atoms with E-state index in [0.29, 0.717) is 12.2 Å². The number of aryl methyl sites for hydroxylation is 1. The lowest BCUT2D eigenvalue weighted by molar-refractivity contribution is 0.0946. The van der Waals surface area contributed by atoms with Crippen molar-refractivity contribution >= 4 is 23.2 Å². The zero-order chi connectivity index (χ0) is 19.1. The van der Waals surface area contributed by atoms with E-state index in [0.717, 1.165) is 29.2 Å². The maximum absolute atomic E-state index is 12.2. The number of carbonyl (C=O) groups excluding carboxylic acids is 1. The minimum Gasteiger partial charge on any atom is -0.383 e. The largest absolute Gasteiger partial charge is 0.383 e. The Bertz CT molecular complexity index is 909. The molecule has 3 aromatic rings. The maximum atomic E-state index is 12.2. The van der Waals surface area contributed by atoms with E-state index in [4.69, 9.17) is 11.6 Å². The van der Waals surface area contributed by atoms with E-state index in [2.05, 4.69) is 21.7 Å². The average molecular weight is 380 g/mol. The first kappa shape index (κ1) is 18.9. The molecule has 1 aromatic heterocycles. The highest BCUT2D eigenvalue weighted by molar-refractivity contribution is 6.30. The normalized spacial score (nSPS) is 10.4. The quantitative estimate of drug-likeness (QED) is 0.629. The van der Waals surface area contributed by atoms with Gasteiger partial charge in [0.1, 0.15) is 5.69 Å². The van der Waals surface area contributed by atoms with Crippen molar-refractivity contribution in [3.05, 3.63) is 94.3 Å². The topological polar surface area (TPSA) is 54.0 Å². The van der Waals surface area contributed by atoms with Crippen molar-refractivity contribution in [1.29, 1.82) is 0 Å². The predicted octanol–water partition coefficient (Wildman–Crippen LogP) is 4.63. The van der Waals surface area contributed by atoms with E-state index in [1.807, 2.05) is 55.5 Å². The zero-order valence-electron chi connectivity index (χ0n) is 15.2. The summed E-state index contributed by atoms with van der Waals surface area (Å²) < 4.78 is 0. The van der Waals surface area contributed by atoms with Gasteiger partial charge in [0.25, 0.3) is 5.91 Å². The van der Waals surface area contributed by atoms with Gasteiger partial charge in [0, 0.05) is 18.1 Å². The number of amides is 1. The van der Waals surface area contributed by atoms with Gasteiger partial charge in [-0.05, 0) is 48.7 Å². The van der Waals surface area contributed by atoms with Crippen LogP contribution in [0.5, 0.6) is 0 Å². The van der Waals surface area contributed by atoms with E-state index < -0.39 is 0 Å². The second-order valence-electron chi connectivity index (χ2n) is 6.41. The van der Waals surface area contributed by atoms with Gasteiger partial charge in [-0.3, -0.25) is 4.79 Å². The maximum Gasteiger partial charge on any atom is 0.270 e. The van der Waals surface area contributed by atoms with Crippen molar-refractivity contribution in [3.8, 4) is 0 Å². The van der Waals surface area contributed by atoms with E-state index in [1.54, 1.807) is 12.3 Å². The Kier molecular flexibility index (Phi) is 6.44. The van der Waals surface area contributed by atoms with Gasteiger partial charge < -0.3 is 10.6 Å². The molecule has 0 atom stereocenters. The van der Waals surface area contributed by atoms with Gasteiger partial charge in [-0.15, -0.1) is 0 Å². The number of anilines is 1. The van der Waals surface area contributed by atoms with E-state index in [-0.39, 0.29) is 5.91 Å². The lowest BCUT2D eigenvalue weighted by Gasteiger charge is -2.08. The van der Waals surface area contributed by atoms with Gasteiger partial charge >= 0.3 is 0 Å². The van der Waals surface area contributed by atoms with Gasteiger partial charge in [0.05, 0.1) is 11.9 Å². The molecule has 138 valence electrons. The molecular formula is C22H22ClN3O. The third-order valence-corrected chi connectivity index (χ3v) is 4.40. The first-order valence-corrected chi connectivity index (χ1v) is 9.26. The van der Waals surface area contributed by atoms with Crippen molar-refractivity contribution < 1.29 is 4.79 Å². The number of hydrogen-bond donors (Lipinski definition) is 2. The summed E-state index contributed by atoms with van der Waals surface area (Å²) in [5.74, 6) is -0.179. The highest BCUT2D eigenvalue weighted by Gasteiger charge is 2.07. The number of nitrogens with one attached hydrogen (secondary N) is 2. The Morgan fingerprint density at radius 2 is 1.85 bits per heavy atom. The molecule has 0 saturated carbocycles. The molecule has 1 amide bonds. The number of hydrogen-bond acceptors (Lipinski definition) is 3. The number of rotatable bonds is 7. The smallest absolute Gasteiger partial charge is 0.270 e. The fourth-order valence-corrected chi connectivity index (χ4v) is 2.98. The molecule has 0 unspecified atom stereocenters. The molecule has 0 aliphatic carbocycles. The summed E-state index contributed by atoms with van der Waals surface area (Å²) in [4.78, 5) is 16.5. The monoisotopic (exact) mass is 379 g/mol. The van der Waals surface area contributed by atoms with Gasteiger partial charge in [-0.25, -0.2) is 4.98 Å². The highest BCUT2D eigenvalue weighted by atomic mass is 35.5. The summed E-state index contributed by atoms with van der Waals surface area (Å²) in [5.41, 5.74) is 4.71. The fourth-order valence-electron chi connectivity index (χ4n) is 2.77. The summed E-state index contributed by atoms with van der Waals surface area (Å²) in [6.45, 7) is 3.29. The van der Waals surface area contributed by atoms with Crippen LogP contribution < -0.4 is 10.6 Å². The molecule has 5 heteroatoms. The second-order valence-corrected chi connectivity index (χ2v) is 6.85. The molecule has 0 saturated heterocycles. The Balaban J connectivity index is 1.48. The molecule has 4 nitrogen and oxygen atoms in total. The number of halogens is 1. The van der Waals surface area contributed by atoms with Crippen molar-refractivity contribution in [2.45, 2.75) is 19.9 Å². The zero-order valence-corrected chi connectivity index (χ0v) is 16.0. The molecule has 0 fully saturated rings. The molecule has 0 radical (unpaired) electrons. The van der Waals surface area contributed by atoms with Gasteiger partial charge in [-0.2, -0.15) is 0 Å². The minimum absolute atomic E-state index is 0.179. The average Bonchev–Trinajstić information content (AvgIpc) is 2.67. The third-order valence-electron chi connectivity index (χ3n) is 4.16. The Hall–Kier alpha value is -2.85. The Morgan fingerprint density at radius 1 is 1.04 bits per heavy atom. The van der Waals surface area contributed by atoms with E-state index >= 15 is 0 Å². The summed E-state index contributed by atoms with van der Waals surface area (Å²) in [6.07, 6.45) is 2.54. The van der Waals surface area contributed by atoms with Gasteiger partial charge in [-0.1, -0.05) is 53.6 Å². The molecule has 0 aliphatic heterocycles. The molecule has 0 bridgehead atoms. The summed E-state index contributed by atoms with van der Waals surface area (Å²) in [6, 6.07) is 19.5. The number of nitrogens with zero attached hydrogens (tertiary/aromatic N) is 1. The van der Waals surface area contributed by atoms with Crippen LogP contribution in [0.3, 0.4) is 0 Å². The molecule has 0 spiro atoms. The molecule has 27 heavy (non-hydrogen) atoms. The first-order valence-electron chi connectivity index (χ1n) is 8.88. The van der Waals surface area contributed by atoms with Crippen LogP contribution >= 0.6 is 11.6 Å². The van der Waals surface area contributed by atoms with Crippen LogP contribution in [-0.4, -0.2) is 17.4 Å². The molecular weight excluding hydrogens is 358 g/mol. The van der Waals surface area contributed by atoms with Crippen LogP contribution in [0.15, 0.2) is 66.9 Å². The molecule has 0 aliphatic rings. The SMILES string of the molecule is Cc1cccc(CNC(=O)c2ccc(NCCc3cccc(Cl)c3)cn2)c1. The number of aromatic nitrogens is 1. The summed E-state index contributed by atoms with van der Waals surface area (Å²) in [5, 5.41) is 6.95. The number of benzene rings is 2. The van der Waals surface area contributed by atoms with Gasteiger partial charge in [0.15, 0.2) is 0 Å².